The first-order chi connectivity index (χ1) is 7.34. The second-order valence-corrected chi connectivity index (χ2v) is 5.23. The number of rotatable bonds is 6. The van der Waals surface area contributed by atoms with E-state index in [2.05, 4.69) is 5.32 Å². The molecule has 86 valence electrons. The molecule has 2 rings (SSSR count). The SMILES string of the molecule is O=C(CCNC1CC1)CC1CCCCC1. The van der Waals surface area contributed by atoms with Gasteiger partial charge in [0.15, 0.2) is 0 Å². The normalized spacial score (nSPS) is 22.9. The van der Waals surface area contributed by atoms with Crippen LogP contribution in [0.2, 0.25) is 0 Å². The van der Waals surface area contributed by atoms with Crippen molar-refractivity contribution in [2.75, 3.05) is 6.54 Å². The molecule has 0 spiro atoms. The fourth-order valence-corrected chi connectivity index (χ4v) is 2.52. The molecule has 0 aromatic rings. The second kappa shape index (κ2) is 5.64. The molecule has 2 aliphatic carbocycles. The van der Waals surface area contributed by atoms with E-state index in [0.29, 0.717) is 11.7 Å². The van der Waals surface area contributed by atoms with Crippen LogP contribution in [-0.2, 0) is 4.79 Å². The average Bonchev–Trinajstić information content (AvgIpc) is 3.03. The highest BCUT2D eigenvalue weighted by atomic mass is 16.1. The Kier molecular flexibility index (Phi) is 4.18. The molecule has 2 heteroatoms. The number of ketones is 1. The van der Waals surface area contributed by atoms with E-state index in [1.807, 2.05) is 0 Å². The average molecular weight is 209 g/mol. The minimum Gasteiger partial charge on any atom is -0.314 e. The van der Waals surface area contributed by atoms with E-state index in [1.165, 1.54) is 44.9 Å². The summed E-state index contributed by atoms with van der Waals surface area (Å²) in [6.45, 7) is 0.913. The van der Waals surface area contributed by atoms with Crippen LogP contribution in [0.3, 0.4) is 0 Å². The molecular formula is C13H23NO. The van der Waals surface area contributed by atoms with Crippen LogP contribution in [0.25, 0.3) is 0 Å². The Balaban J connectivity index is 1.54. The zero-order valence-corrected chi connectivity index (χ0v) is 9.63. The van der Waals surface area contributed by atoms with Crippen molar-refractivity contribution < 1.29 is 4.79 Å². The highest BCUT2D eigenvalue weighted by Gasteiger charge is 2.21. The lowest BCUT2D eigenvalue weighted by molar-refractivity contribution is -0.120. The Labute approximate surface area is 92.8 Å². The predicted octanol–water partition coefficient (Wildman–Crippen LogP) is 2.67. The van der Waals surface area contributed by atoms with E-state index in [1.54, 1.807) is 0 Å². The van der Waals surface area contributed by atoms with Gasteiger partial charge >= 0.3 is 0 Å². The van der Waals surface area contributed by atoms with Crippen LogP contribution in [0.1, 0.15) is 57.8 Å². The van der Waals surface area contributed by atoms with Crippen molar-refractivity contribution in [2.24, 2.45) is 5.92 Å². The van der Waals surface area contributed by atoms with Gasteiger partial charge < -0.3 is 5.32 Å². The van der Waals surface area contributed by atoms with Gasteiger partial charge in [0, 0.05) is 25.4 Å². The molecule has 0 aliphatic heterocycles. The van der Waals surface area contributed by atoms with E-state index < -0.39 is 0 Å². The summed E-state index contributed by atoms with van der Waals surface area (Å²) in [6.07, 6.45) is 10.9. The van der Waals surface area contributed by atoms with Crippen LogP contribution in [0.4, 0.5) is 0 Å². The lowest BCUT2D eigenvalue weighted by Gasteiger charge is -2.20. The number of nitrogens with one attached hydrogen (secondary N) is 1. The first kappa shape index (κ1) is 11.1. The molecule has 0 saturated heterocycles. The minimum atomic E-state index is 0.482. The number of hydrogen-bond donors (Lipinski definition) is 1. The summed E-state index contributed by atoms with van der Waals surface area (Å²) in [5.74, 6) is 1.20. The van der Waals surface area contributed by atoms with E-state index >= 15 is 0 Å². The smallest absolute Gasteiger partial charge is 0.134 e. The molecule has 0 heterocycles. The molecule has 2 fully saturated rings. The topological polar surface area (TPSA) is 29.1 Å². The molecule has 15 heavy (non-hydrogen) atoms. The van der Waals surface area contributed by atoms with Gasteiger partial charge in [-0.05, 0) is 18.8 Å². The maximum atomic E-state index is 11.7. The van der Waals surface area contributed by atoms with Crippen molar-refractivity contribution in [1.82, 2.24) is 5.32 Å². The van der Waals surface area contributed by atoms with Crippen LogP contribution in [-0.4, -0.2) is 18.4 Å². The summed E-state index contributed by atoms with van der Waals surface area (Å²) in [6, 6.07) is 0.743. The zero-order valence-electron chi connectivity index (χ0n) is 9.63. The van der Waals surface area contributed by atoms with Gasteiger partial charge in [0.25, 0.3) is 0 Å². The zero-order chi connectivity index (χ0) is 10.5. The van der Waals surface area contributed by atoms with Crippen LogP contribution in [0, 0.1) is 5.92 Å². The molecule has 2 saturated carbocycles. The lowest BCUT2D eigenvalue weighted by Crippen LogP contribution is -2.21. The van der Waals surface area contributed by atoms with Gasteiger partial charge in [-0.25, -0.2) is 0 Å². The minimum absolute atomic E-state index is 0.482. The summed E-state index contributed by atoms with van der Waals surface area (Å²) in [5.41, 5.74) is 0. The van der Waals surface area contributed by atoms with Gasteiger partial charge in [-0.15, -0.1) is 0 Å². The number of carbonyl (C=O) groups excluding carboxylic acids is 1. The van der Waals surface area contributed by atoms with Crippen LogP contribution < -0.4 is 5.32 Å². The fraction of sp³-hybridized carbons (Fsp3) is 0.923. The second-order valence-electron chi connectivity index (χ2n) is 5.23. The Morgan fingerprint density at radius 2 is 1.80 bits per heavy atom. The van der Waals surface area contributed by atoms with Gasteiger partial charge in [0.2, 0.25) is 0 Å². The highest BCUT2D eigenvalue weighted by molar-refractivity contribution is 5.78. The summed E-state index contributed by atoms with van der Waals surface area (Å²) >= 11 is 0. The third-order valence-electron chi connectivity index (χ3n) is 3.66. The maximum absolute atomic E-state index is 11.7. The molecule has 0 unspecified atom stereocenters. The van der Waals surface area contributed by atoms with Crippen LogP contribution >= 0.6 is 0 Å². The molecular weight excluding hydrogens is 186 g/mol. The standard InChI is InChI=1S/C13H23NO/c15-13(8-9-14-12-6-7-12)10-11-4-2-1-3-5-11/h11-12,14H,1-10H2. The number of hydrogen-bond acceptors (Lipinski definition) is 2. The lowest BCUT2D eigenvalue weighted by atomic mass is 9.85. The van der Waals surface area contributed by atoms with Crippen molar-refractivity contribution in [3.63, 3.8) is 0 Å². The summed E-state index contributed by atoms with van der Waals surface area (Å²) in [7, 11) is 0. The van der Waals surface area contributed by atoms with Gasteiger partial charge in [-0.3, -0.25) is 4.79 Å². The Morgan fingerprint density at radius 1 is 1.07 bits per heavy atom. The quantitative estimate of drug-likeness (QED) is 0.728. The Bertz CT molecular complexity index is 205. The van der Waals surface area contributed by atoms with Crippen molar-refractivity contribution in [3.05, 3.63) is 0 Å². The van der Waals surface area contributed by atoms with Crippen LogP contribution in [0.5, 0.6) is 0 Å². The Morgan fingerprint density at radius 3 is 2.47 bits per heavy atom. The van der Waals surface area contributed by atoms with E-state index in [9.17, 15) is 4.79 Å². The van der Waals surface area contributed by atoms with Crippen molar-refractivity contribution in [1.29, 1.82) is 0 Å². The highest BCUT2D eigenvalue weighted by Crippen LogP contribution is 2.26. The first-order valence-corrected chi connectivity index (χ1v) is 6.59. The fourth-order valence-electron chi connectivity index (χ4n) is 2.52. The molecule has 0 bridgehead atoms. The number of carbonyl (C=O) groups is 1. The summed E-state index contributed by atoms with van der Waals surface area (Å²) in [5, 5.41) is 3.40. The number of Topliss-reactive ketones (excluding diaryl/α,β-unsaturated/α-hetero) is 1. The molecule has 0 radical (unpaired) electrons. The van der Waals surface area contributed by atoms with Gasteiger partial charge in [0.05, 0.1) is 0 Å². The van der Waals surface area contributed by atoms with E-state index in [0.717, 1.165) is 25.4 Å². The van der Waals surface area contributed by atoms with Crippen molar-refractivity contribution in [3.8, 4) is 0 Å². The van der Waals surface area contributed by atoms with Gasteiger partial charge in [-0.2, -0.15) is 0 Å². The monoisotopic (exact) mass is 209 g/mol. The van der Waals surface area contributed by atoms with Crippen molar-refractivity contribution >= 4 is 5.78 Å². The first-order valence-electron chi connectivity index (χ1n) is 6.59. The summed E-state index contributed by atoms with van der Waals surface area (Å²) < 4.78 is 0. The maximum Gasteiger partial charge on any atom is 0.134 e. The van der Waals surface area contributed by atoms with Crippen molar-refractivity contribution in [2.45, 2.75) is 63.8 Å². The molecule has 2 aliphatic rings. The predicted molar refractivity (Wildman–Crippen MR) is 61.8 cm³/mol. The molecule has 0 atom stereocenters. The molecule has 0 aromatic heterocycles. The largest absolute Gasteiger partial charge is 0.314 e. The third kappa shape index (κ3) is 4.33. The molecule has 0 aromatic carbocycles. The van der Waals surface area contributed by atoms with Crippen LogP contribution in [0.15, 0.2) is 0 Å². The van der Waals surface area contributed by atoms with Gasteiger partial charge in [-0.1, -0.05) is 32.1 Å². The van der Waals surface area contributed by atoms with E-state index in [-0.39, 0.29) is 0 Å². The molecule has 1 N–H and O–H groups in total. The van der Waals surface area contributed by atoms with Gasteiger partial charge in [0.1, 0.15) is 5.78 Å². The molecule has 2 nitrogen and oxygen atoms in total. The Hall–Kier alpha value is -0.370. The third-order valence-corrected chi connectivity index (χ3v) is 3.66. The van der Waals surface area contributed by atoms with E-state index in [4.69, 9.17) is 0 Å². The summed E-state index contributed by atoms with van der Waals surface area (Å²) in [4.78, 5) is 11.7. The molecule has 0 amide bonds.